The number of thiazole rings is 1. The third-order valence-corrected chi connectivity index (χ3v) is 3.84. The van der Waals surface area contributed by atoms with Gasteiger partial charge in [0, 0.05) is 25.4 Å². The van der Waals surface area contributed by atoms with Gasteiger partial charge in [-0.3, -0.25) is 9.69 Å². The highest BCUT2D eigenvalue weighted by molar-refractivity contribution is 7.13. The van der Waals surface area contributed by atoms with Crippen LogP contribution in [0.5, 0.6) is 5.75 Å². The molecular formula is C16H21N3O2S. The molecule has 0 radical (unpaired) electrons. The number of carbonyl (C=O) groups is 1. The lowest BCUT2D eigenvalue weighted by molar-refractivity contribution is -0.114. The van der Waals surface area contributed by atoms with Gasteiger partial charge in [-0.15, -0.1) is 11.3 Å². The zero-order valence-corrected chi connectivity index (χ0v) is 13.9. The lowest BCUT2D eigenvalue weighted by atomic mass is 10.2. The third kappa shape index (κ3) is 5.46. The van der Waals surface area contributed by atoms with E-state index in [-0.39, 0.29) is 5.91 Å². The Morgan fingerprint density at radius 1 is 1.36 bits per heavy atom. The highest BCUT2D eigenvalue weighted by Gasteiger charge is 2.06. The number of nitrogens with zero attached hydrogens (tertiary/aromatic N) is 2. The molecule has 1 aromatic heterocycles. The predicted octanol–water partition coefficient (Wildman–Crippen LogP) is 2.92. The largest absolute Gasteiger partial charge is 0.492 e. The number of hydrogen-bond acceptors (Lipinski definition) is 5. The molecule has 1 N–H and O–H groups in total. The van der Waals surface area contributed by atoms with E-state index >= 15 is 0 Å². The van der Waals surface area contributed by atoms with Crippen molar-refractivity contribution in [1.29, 1.82) is 0 Å². The first-order valence-electron chi connectivity index (χ1n) is 7.13. The van der Waals surface area contributed by atoms with Crippen molar-refractivity contribution in [1.82, 2.24) is 9.88 Å². The Morgan fingerprint density at radius 3 is 2.77 bits per heavy atom. The minimum Gasteiger partial charge on any atom is -0.492 e. The first-order valence-corrected chi connectivity index (χ1v) is 8.01. The Hall–Kier alpha value is -1.92. The van der Waals surface area contributed by atoms with Gasteiger partial charge in [0.1, 0.15) is 12.4 Å². The smallest absolute Gasteiger partial charge is 0.223 e. The number of hydrogen-bond donors (Lipinski definition) is 1. The SMILES string of the molecule is CC(=O)Nc1nc(CN(C)CCOc2ccc(C)cc2)cs1. The minimum atomic E-state index is -0.0965. The van der Waals surface area contributed by atoms with Crippen LogP contribution in [0.25, 0.3) is 0 Å². The first-order chi connectivity index (χ1) is 10.5. The van der Waals surface area contributed by atoms with Gasteiger partial charge in [0.2, 0.25) is 5.91 Å². The molecule has 0 aliphatic carbocycles. The average molecular weight is 319 g/mol. The number of nitrogens with one attached hydrogen (secondary N) is 1. The van der Waals surface area contributed by atoms with Crippen molar-refractivity contribution >= 4 is 22.4 Å². The summed E-state index contributed by atoms with van der Waals surface area (Å²) in [6, 6.07) is 8.04. The van der Waals surface area contributed by atoms with E-state index in [9.17, 15) is 4.79 Å². The summed E-state index contributed by atoms with van der Waals surface area (Å²) in [5, 5.41) is 5.30. The van der Waals surface area contributed by atoms with E-state index in [4.69, 9.17) is 4.74 Å². The molecule has 0 spiro atoms. The lowest BCUT2D eigenvalue weighted by Crippen LogP contribution is -2.24. The van der Waals surface area contributed by atoms with Crippen molar-refractivity contribution in [3.63, 3.8) is 0 Å². The molecule has 0 aliphatic heterocycles. The number of aromatic nitrogens is 1. The molecule has 1 aromatic carbocycles. The van der Waals surface area contributed by atoms with Crippen molar-refractivity contribution in [3.05, 3.63) is 40.9 Å². The van der Waals surface area contributed by atoms with Gasteiger partial charge in [-0.05, 0) is 26.1 Å². The van der Waals surface area contributed by atoms with Gasteiger partial charge in [0.15, 0.2) is 5.13 Å². The summed E-state index contributed by atoms with van der Waals surface area (Å²) in [7, 11) is 2.02. The van der Waals surface area contributed by atoms with Gasteiger partial charge in [0.25, 0.3) is 0 Å². The molecule has 118 valence electrons. The fraction of sp³-hybridized carbons (Fsp3) is 0.375. The van der Waals surface area contributed by atoms with Crippen molar-refractivity contribution in [2.75, 3.05) is 25.5 Å². The van der Waals surface area contributed by atoms with E-state index < -0.39 is 0 Å². The molecule has 0 atom stereocenters. The Morgan fingerprint density at radius 2 is 2.09 bits per heavy atom. The van der Waals surface area contributed by atoms with Crippen molar-refractivity contribution < 1.29 is 9.53 Å². The molecule has 5 nitrogen and oxygen atoms in total. The highest BCUT2D eigenvalue weighted by atomic mass is 32.1. The van der Waals surface area contributed by atoms with Crippen LogP contribution >= 0.6 is 11.3 Å². The molecular weight excluding hydrogens is 298 g/mol. The predicted molar refractivity (Wildman–Crippen MR) is 89.4 cm³/mol. The van der Waals surface area contributed by atoms with Crippen LogP contribution < -0.4 is 10.1 Å². The number of anilines is 1. The number of likely N-dealkylation sites (N-methyl/N-ethyl adjacent to an activating group) is 1. The van der Waals surface area contributed by atoms with Gasteiger partial charge in [-0.25, -0.2) is 4.98 Å². The van der Waals surface area contributed by atoms with Crippen LogP contribution in [0.1, 0.15) is 18.2 Å². The molecule has 22 heavy (non-hydrogen) atoms. The zero-order chi connectivity index (χ0) is 15.9. The normalized spacial score (nSPS) is 10.7. The second-order valence-corrected chi connectivity index (χ2v) is 6.08. The highest BCUT2D eigenvalue weighted by Crippen LogP contribution is 2.16. The van der Waals surface area contributed by atoms with E-state index in [1.165, 1.54) is 23.8 Å². The molecule has 1 heterocycles. The van der Waals surface area contributed by atoms with E-state index in [2.05, 4.69) is 22.1 Å². The summed E-state index contributed by atoms with van der Waals surface area (Å²) in [6.45, 7) is 5.70. The number of benzene rings is 1. The Labute approximate surface area is 134 Å². The van der Waals surface area contributed by atoms with Gasteiger partial charge in [0.05, 0.1) is 5.69 Å². The van der Waals surface area contributed by atoms with E-state index in [1.807, 2.05) is 36.7 Å². The molecule has 6 heteroatoms. The fourth-order valence-electron chi connectivity index (χ4n) is 1.90. The average Bonchev–Trinajstić information content (AvgIpc) is 2.87. The molecule has 2 aromatic rings. The third-order valence-electron chi connectivity index (χ3n) is 3.03. The Kier molecular flexibility index (Phi) is 5.91. The van der Waals surface area contributed by atoms with Crippen LogP contribution in [-0.2, 0) is 11.3 Å². The van der Waals surface area contributed by atoms with Crippen LogP contribution in [0.2, 0.25) is 0 Å². The fourth-order valence-corrected chi connectivity index (χ4v) is 2.64. The van der Waals surface area contributed by atoms with Crippen LogP contribution in [0.4, 0.5) is 5.13 Å². The van der Waals surface area contributed by atoms with Crippen LogP contribution in [0.15, 0.2) is 29.6 Å². The number of rotatable bonds is 7. The summed E-state index contributed by atoms with van der Waals surface area (Å²) < 4.78 is 5.71. The molecule has 1 amide bonds. The molecule has 0 unspecified atom stereocenters. The van der Waals surface area contributed by atoms with Gasteiger partial charge >= 0.3 is 0 Å². The topological polar surface area (TPSA) is 54.5 Å². The standard InChI is InChI=1S/C16H21N3O2S/c1-12-4-6-15(7-5-12)21-9-8-19(3)10-14-11-22-16(18-14)17-13(2)20/h4-7,11H,8-10H2,1-3H3,(H,17,18,20). The molecule has 0 fully saturated rings. The number of amides is 1. The first kappa shape index (κ1) is 16.5. The molecule has 2 rings (SSSR count). The monoisotopic (exact) mass is 319 g/mol. The Balaban J connectivity index is 1.73. The maximum absolute atomic E-state index is 11.0. The number of ether oxygens (including phenoxy) is 1. The summed E-state index contributed by atoms with van der Waals surface area (Å²) in [6.07, 6.45) is 0. The van der Waals surface area contributed by atoms with E-state index in [0.717, 1.165) is 24.5 Å². The van der Waals surface area contributed by atoms with Gasteiger partial charge in [-0.2, -0.15) is 0 Å². The second kappa shape index (κ2) is 7.91. The molecule has 0 saturated carbocycles. The van der Waals surface area contributed by atoms with Crippen LogP contribution in [-0.4, -0.2) is 36.0 Å². The second-order valence-electron chi connectivity index (χ2n) is 5.22. The van der Waals surface area contributed by atoms with Gasteiger partial charge < -0.3 is 10.1 Å². The summed E-state index contributed by atoms with van der Waals surface area (Å²) >= 11 is 1.44. The number of carbonyl (C=O) groups excluding carboxylic acids is 1. The minimum absolute atomic E-state index is 0.0965. The van der Waals surface area contributed by atoms with Crippen molar-refractivity contribution in [2.45, 2.75) is 20.4 Å². The van der Waals surface area contributed by atoms with E-state index in [1.54, 1.807) is 0 Å². The summed E-state index contributed by atoms with van der Waals surface area (Å²) in [5.41, 5.74) is 2.18. The van der Waals surface area contributed by atoms with Crippen LogP contribution in [0, 0.1) is 6.92 Å². The molecule has 0 bridgehead atoms. The zero-order valence-electron chi connectivity index (χ0n) is 13.1. The van der Waals surface area contributed by atoms with Crippen molar-refractivity contribution in [3.8, 4) is 5.75 Å². The molecule has 0 aliphatic rings. The summed E-state index contributed by atoms with van der Waals surface area (Å²) in [4.78, 5) is 17.5. The Bertz CT molecular complexity index is 610. The quantitative estimate of drug-likeness (QED) is 0.852. The van der Waals surface area contributed by atoms with Gasteiger partial charge in [-0.1, -0.05) is 17.7 Å². The van der Waals surface area contributed by atoms with E-state index in [0.29, 0.717) is 11.7 Å². The maximum Gasteiger partial charge on any atom is 0.223 e. The van der Waals surface area contributed by atoms with Crippen LogP contribution in [0.3, 0.4) is 0 Å². The lowest BCUT2D eigenvalue weighted by Gasteiger charge is -2.15. The molecule has 0 saturated heterocycles. The van der Waals surface area contributed by atoms with Crippen molar-refractivity contribution in [2.24, 2.45) is 0 Å². The maximum atomic E-state index is 11.0. The number of aryl methyl sites for hydroxylation is 1. The summed E-state index contributed by atoms with van der Waals surface area (Å²) in [5.74, 6) is 0.793.